The van der Waals surface area contributed by atoms with Gasteiger partial charge in [-0.25, -0.2) is 0 Å². The summed E-state index contributed by atoms with van der Waals surface area (Å²) in [7, 11) is 1.50. The number of rotatable bonds is 13. The molecule has 0 bridgehead atoms. The number of epoxide rings is 3. The first kappa shape index (κ1) is 29.9. The number of fused-ring (bicyclic) bond motifs is 5. The van der Waals surface area contributed by atoms with Crippen LogP contribution in [0.2, 0.25) is 0 Å². The summed E-state index contributed by atoms with van der Waals surface area (Å²) in [6.45, 7) is 12.2. The maximum atomic E-state index is 12.1. The van der Waals surface area contributed by atoms with Gasteiger partial charge < -0.3 is 33.2 Å². The largest absolute Gasteiger partial charge is 0.469 e. The van der Waals surface area contributed by atoms with Gasteiger partial charge in [-0.2, -0.15) is 0 Å². The van der Waals surface area contributed by atoms with E-state index in [2.05, 4.69) is 20.8 Å². The van der Waals surface area contributed by atoms with E-state index in [0.29, 0.717) is 60.7 Å². The first-order valence-electron chi connectivity index (χ1n) is 17.1. The van der Waals surface area contributed by atoms with Crippen molar-refractivity contribution in [2.75, 3.05) is 46.8 Å². The molecule has 0 spiro atoms. The standard InChI is InChI=1S/C34H54O8/c1-20(5-8-31(35)36-4)26-6-7-27-32-28(13-30(34(26,27)3)42-19-25-17-40-25)33(2)10-9-22(37-14-23-15-38-23)11-21(33)12-29(32)41-18-24-16-39-24/h20-30,32H,5-19H2,1-4H3/t20-,21+,22-,23?,24?,25?,26-,27+,28+,29-,30+,32+,33+,34-/m1/s1. The Morgan fingerprint density at radius 1 is 0.857 bits per heavy atom. The number of hydrogen-bond acceptors (Lipinski definition) is 8. The van der Waals surface area contributed by atoms with E-state index in [4.69, 9.17) is 33.2 Å². The fourth-order valence-electron chi connectivity index (χ4n) is 10.5. The van der Waals surface area contributed by atoms with E-state index in [1.165, 1.54) is 26.4 Å². The third-order valence-electron chi connectivity index (χ3n) is 13.2. The maximum absolute atomic E-state index is 12.1. The Kier molecular flexibility index (Phi) is 8.45. The van der Waals surface area contributed by atoms with Gasteiger partial charge in [-0.15, -0.1) is 0 Å². The highest BCUT2D eigenvalue weighted by molar-refractivity contribution is 5.69. The molecule has 8 nitrogen and oxygen atoms in total. The summed E-state index contributed by atoms with van der Waals surface area (Å²) in [5, 5.41) is 0. The molecule has 42 heavy (non-hydrogen) atoms. The van der Waals surface area contributed by atoms with Gasteiger partial charge >= 0.3 is 5.97 Å². The molecule has 7 fully saturated rings. The van der Waals surface area contributed by atoms with E-state index in [1.54, 1.807) is 0 Å². The van der Waals surface area contributed by atoms with Gasteiger partial charge in [-0.1, -0.05) is 20.8 Å². The number of carbonyl (C=O) groups is 1. The van der Waals surface area contributed by atoms with Crippen LogP contribution in [-0.2, 0) is 38.0 Å². The van der Waals surface area contributed by atoms with Gasteiger partial charge in [0, 0.05) is 11.8 Å². The van der Waals surface area contributed by atoms with Crippen molar-refractivity contribution in [3.63, 3.8) is 0 Å². The number of esters is 1. The lowest BCUT2D eigenvalue weighted by Gasteiger charge is -2.64. The summed E-state index contributed by atoms with van der Waals surface area (Å²) in [5.41, 5.74) is 0.321. The second-order valence-corrected chi connectivity index (χ2v) is 15.4. The van der Waals surface area contributed by atoms with Crippen LogP contribution >= 0.6 is 0 Å². The molecule has 4 aliphatic carbocycles. The lowest BCUT2D eigenvalue weighted by Crippen LogP contribution is -2.63. The maximum Gasteiger partial charge on any atom is 0.305 e. The van der Waals surface area contributed by atoms with E-state index in [9.17, 15) is 4.79 Å². The predicted octanol–water partition coefficient (Wildman–Crippen LogP) is 4.81. The smallest absolute Gasteiger partial charge is 0.305 e. The number of ether oxygens (including phenoxy) is 7. The van der Waals surface area contributed by atoms with Crippen LogP contribution in [0.25, 0.3) is 0 Å². The van der Waals surface area contributed by atoms with Crippen LogP contribution in [0.5, 0.6) is 0 Å². The van der Waals surface area contributed by atoms with Crippen LogP contribution in [0.4, 0.5) is 0 Å². The molecular formula is C34H54O8. The van der Waals surface area contributed by atoms with E-state index < -0.39 is 0 Å². The minimum Gasteiger partial charge on any atom is -0.469 e. The lowest BCUT2D eigenvalue weighted by molar-refractivity contribution is -0.228. The van der Waals surface area contributed by atoms with Gasteiger partial charge in [-0.3, -0.25) is 4.79 Å². The third kappa shape index (κ3) is 5.82. The molecule has 14 atom stereocenters. The zero-order valence-corrected chi connectivity index (χ0v) is 26.3. The third-order valence-corrected chi connectivity index (χ3v) is 13.2. The summed E-state index contributed by atoms with van der Waals surface area (Å²) in [6.07, 6.45) is 11.1. The van der Waals surface area contributed by atoms with Crippen LogP contribution in [0.3, 0.4) is 0 Å². The molecule has 7 rings (SSSR count). The molecule has 3 aliphatic heterocycles. The summed E-state index contributed by atoms with van der Waals surface area (Å²) >= 11 is 0. The first-order valence-corrected chi connectivity index (χ1v) is 17.1. The van der Waals surface area contributed by atoms with Crippen molar-refractivity contribution >= 4 is 5.97 Å². The molecule has 7 aliphatic rings. The van der Waals surface area contributed by atoms with Crippen molar-refractivity contribution < 1.29 is 38.0 Å². The number of carbonyl (C=O) groups excluding carboxylic acids is 1. The fourth-order valence-corrected chi connectivity index (χ4v) is 10.5. The van der Waals surface area contributed by atoms with E-state index in [-0.39, 0.29) is 41.2 Å². The zero-order valence-electron chi connectivity index (χ0n) is 26.3. The Balaban J connectivity index is 1.16. The molecule has 238 valence electrons. The van der Waals surface area contributed by atoms with Crippen LogP contribution < -0.4 is 0 Å². The molecule has 3 saturated heterocycles. The topological polar surface area (TPSA) is 91.6 Å². The average molecular weight is 591 g/mol. The Labute approximate surface area is 252 Å². The van der Waals surface area contributed by atoms with Gasteiger partial charge in [0.1, 0.15) is 18.3 Å². The molecule has 0 N–H and O–H groups in total. The van der Waals surface area contributed by atoms with Crippen molar-refractivity contribution in [1.82, 2.24) is 0 Å². The summed E-state index contributed by atoms with van der Waals surface area (Å²) in [6, 6.07) is 0. The minimum atomic E-state index is -0.102. The highest BCUT2D eigenvalue weighted by Crippen LogP contribution is 2.69. The predicted molar refractivity (Wildman–Crippen MR) is 155 cm³/mol. The SMILES string of the molecule is COC(=O)CC[C@@H](C)[C@H]1CC[C@H]2[C@@H]3[C@H](OCC4CO4)C[C@@H]4C[C@H](OCC5CO5)CC[C@]4(C)[C@H]3C[C@H](OCC3CO3)[C@]12C. The van der Waals surface area contributed by atoms with Crippen molar-refractivity contribution in [1.29, 1.82) is 0 Å². The van der Waals surface area contributed by atoms with Gasteiger partial charge in [0.2, 0.25) is 0 Å². The molecule has 0 aromatic rings. The zero-order chi connectivity index (χ0) is 29.1. The van der Waals surface area contributed by atoms with Crippen molar-refractivity contribution in [3.05, 3.63) is 0 Å². The van der Waals surface area contributed by atoms with Crippen molar-refractivity contribution in [2.24, 2.45) is 46.3 Å². The quantitative estimate of drug-likeness (QED) is 0.223. The Morgan fingerprint density at radius 2 is 1.52 bits per heavy atom. The molecule has 4 saturated carbocycles. The van der Waals surface area contributed by atoms with Gasteiger partial charge in [0.15, 0.2) is 0 Å². The van der Waals surface area contributed by atoms with E-state index in [1.807, 2.05) is 0 Å². The normalized spacial score (nSPS) is 49.4. The molecule has 3 heterocycles. The van der Waals surface area contributed by atoms with Crippen LogP contribution in [0, 0.1) is 46.3 Å². The Morgan fingerprint density at radius 3 is 2.19 bits per heavy atom. The average Bonchev–Trinajstić information content (AvgIpc) is 3.84. The molecule has 0 radical (unpaired) electrons. The fraction of sp³-hybridized carbons (Fsp3) is 0.971. The van der Waals surface area contributed by atoms with Gasteiger partial charge in [-0.05, 0) is 92.3 Å². The summed E-state index contributed by atoms with van der Waals surface area (Å²) in [5.74, 6) is 3.10. The summed E-state index contributed by atoms with van der Waals surface area (Å²) in [4.78, 5) is 12.1. The Hall–Kier alpha value is -0.770. The minimum absolute atomic E-state index is 0.0526. The molecule has 3 unspecified atom stereocenters. The van der Waals surface area contributed by atoms with E-state index >= 15 is 0 Å². The first-order chi connectivity index (χ1) is 20.3. The van der Waals surface area contributed by atoms with Gasteiger partial charge in [0.05, 0.1) is 65.1 Å². The highest BCUT2D eigenvalue weighted by atomic mass is 16.6. The molecular weight excluding hydrogens is 536 g/mol. The van der Waals surface area contributed by atoms with Crippen molar-refractivity contribution in [2.45, 2.75) is 115 Å². The van der Waals surface area contributed by atoms with Crippen LogP contribution in [0.15, 0.2) is 0 Å². The monoisotopic (exact) mass is 590 g/mol. The molecule has 0 aromatic heterocycles. The Bertz CT molecular complexity index is 963. The van der Waals surface area contributed by atoms with E-state index in [0.717, 1.165) is 65.1 Å². The highest BCUT2D eigenvalue weighted by Gasteiger charge is 2.67. The molecule has 0 amide bonds. The molecule has 0 aromatic carbocycles. The molecule has 8 heteroatoms. The van der Waals surface area contributed by atoms with Gasteiger partial charge in [0.25, 0.3) is 0 Å². The number of methoxy groups -OCH3 is 1. The lowest BCUT2D eigenvalue weighted by atomic mass is 9.43. The number of hydrogen-bond donors (Lipinski definition) is 0. The second kappa shape index (κ2) is 11.9. The van der Waals surface area contributed by atoms with Crippen LogP contribution in [-0.4, -0.2) is 89.3 Å². The van der Waals surface area contributed by atoms with Crippen LogP contribution in [0.1, 0.15) is 78.6 Å². The summed E-state index contributed by atoms with van der Waals surface area (Å²) < 4.78 is 41.9. The second-order valence-electron chi connectivity index (χ2n) is 15.4. The van der Waals surface area contributed by atoms with Crippen molar-refractivity contribution in [3.8, 4) is 0 Å².